The number of halogens is 4. The number of amides is 2. The summed E-state index contributed by atoms with van der Waals surface area (Å²) in [5, 5.41) is 8.33. The van der Waals surface area contributed by atoms with Crippen molar-refractivity contribution in [3.63, 3.8) is 0 Å². The van der Waals surface area contributed by atoms with Crippen molar-refractivity contribution in [1.82, 2.24) is 20.4 Å². The van der Waals surface area contributed by atoms with Crippen molar-refractivity contribution in [3.05, 3.63) is 87.3 Å². The van der Waals surface area contributed by atoms with E-state index in [0.29, 0.717) is 18.2 Å². The Hall–Kier alpha value is -4.22. The largest absolute Gasteiger partial charge is 0.448 e. The van der Waals surface area contributed by atoms with Crippen LogP contribution >= 0.6 is 0 Å². The molecule has 12 heteroatoms. The SMILES string of the molecule is Cc1cc(Oc2ccc(C(=O)N[C@H](C)C(=O)N3C(C(C)(F)F)CC[C@H]3c3cccc(F)c3)cc2F)c(=O)[nH]n1. The molecule has 1 unspecified atom stereocenters. The number of nitrogens with zero attached hydrogens (tertiary/aromatic N) is 2. The van der Waals surface area contributed by atoms with E-state index < -0.39 is 53.1 Å². The van der Waals surface area contributed by atoms with Gasteiger partial charge in [-0.25, -0.2) is 22.7 Å². The molecule has 1 aliphatic rings. The molecule has 0 spiro atoms. The molecule has 1 aromatic heterocycles. The van der Waals surface area contributed by atoms with Crippen LogP contribution in [0.25, 0.3) is 0 Å². The number of ether oxygens (including phenoxy) is 1. The summed E-state index contributed by atoms with van der Waals surface area (Å²) in [6.07, 6.45) is 0.181. The zero-order chi connectivity index (χ0) is 28.5. The van der Waals surface area contributed by atoms with Gasteiger partial charge in [-0.3, -0.25) is 14.4 Å². The number of hydrogen-bond donors (Lipinski definition) is 2. The number of carbonyl (C=O) groups excluding carboxylic acids is 2. The van der Waals surface area contributed by atoms with Gasteiger partial charge in [0.1, 0.15) is 11.9 Å². The van der Waals surface area contributed by atoms with Gasteiger partial charge in [-0.2, -0.15) is 5.10 Å². The van der Waals surface area contributed by atoms with E-state index in [1.54, 1.807) is 13.0 Å². The third kappa shape index (κ3) is 6.10. The Morgan fingerprint density at radius 1 is 1.13 bits per heavy atom. The first-order valence-corrected chi connectivity index (χ1v) is 12.1. The van der Waals surface area contributed by atoms with E-state index in [9.17, 15) is 31.9 Å². The minimum absolute atomic E-state index is 0.0103. The zero-order valence-corrected chi connectivity index (χ0v) is 21.3. The predicted molar refractivity (Wildman–Crippen MR) is 133 cm³/mol. The minimum atomic E-state index is -3.24. The Morgan fingerprint density at radius 3 is 2.54 bits per heavy atom. The molecule has 39 heavy (non-hydrogen) atoms. The molecular weight excluding hydrogens is 520 g/mol. The molecule has 2 amide bonds. The molecule has 3 atom stereocenters. The van der Waals surface area contributed by atoms with Gasteiger partial charge in [-0.05, 0) is 62.6 Å². The Morgan fingerprint density at radius 2 is 1.87 bits per heavy atom. The van der Waals surface area contributed by atoms with E-state index >= 15 is 0 Å². The van der Waals surface area contributed by atoms with Crippen molar-refractivity contribution in [3.8, 4) is 11.5 Å². The lowest BCUT2D eigenvalue weighted by Gasteiger charge is -2.35. The number of nitrogens with one attached hydrogen (secondary N) is 2. The smallest absolute Gasteiger partial charge is 0.307 e. The first kappa shape index (κ1) is 27.8. The van der Waals surface area contributed by atoms with Crippen LogP contribution in [0.15, 0.2) is 53.3 Å². The fourth-order valence-electron chi connectivity index (χ4n) is 4.62. The van der Waals surface area contributed by atoms with Crippen molar-refractivity contribution in [2.45, 2.75) is 57.7 Å². The fourth-order valence-corrected chi connectivity index (χ4v) is 4.62. The summed E-state index contributed by atoms with van der Waals surface area (Å²) in [7, 11) is 0. The van der Waals surface area contributed by atoms with Crippen LogP contribution in [0, 0.1) is 18.6 Å². The number of hydrogen-bond acceptors (Lipinski definition) is 5. The Kier molecular flexibility index (Phi) is 7.75. The summed E-state index contributed by atoms with van der Waals surface area (Å²) in [4.78, 5) is 39.0. The van der Waals surface area contributed by atoms with Gasteiger partial charge in [-0.15, -0.1) is 0 Å². The number of aromatic nitrogens is 2. The van der Waals surface area contributed by atoms with E-state index in [-0.39, 0.29) is 29.9 Å². The molecule has 1 fully saturated rings. The summed E-state index contributed by atoms with van der Waals surface area (Å²) >= 11 is 0. The number of rotatable bonds is 7. The maximum atomic E-state index is 14.7. The molecule has 206 valence electrons. The number of aryl methyl sites for hydroxylation is 1. The van der Waals surface area contributed by atoms with Gasteiger partial charge in [0.15, 0.2) is 17.3 Å². The van der Waals surface area contributed by atoms with E-state index in [1.165, 1.54) is 37.3 Å². The molecule has 0 bridgehead atoms. The topological polar surface area (TPSA) is 104 Å². The molecule has 0 saturated carbocycles. The van der Waals surface area contributed by atoms with Gasteiger partial charge in [-0.1, -0.05) is 12.1 Å². The number of benzene rings is 2. The Bertz CT molecular complexity index is 1460. The Labute approximate surface area is 221 Å². The quantitative estimate of drug-likeness (QED) is 0.420. The summed E-state index contributed by atoms with van der Waals surface area (Å²) in [5.41, 5.74) is -0.0433. The van der Waals surface area contributed by atoms with Crippen molar-refractivity contribution in [2.24, 2.45) is 0 Å². The summed E-state index contributed by atoms with van der Waals surface area (Å²) in [6.45, 7) is 3.64. The maximum absolute atomic E-state index is 14.7. The van der Waals surface area contributed by atoms with E-state index in [2.05, 4.69) is 15.5 Å². The number of aromatic amines is 1. The highest BCUT2D eigenvalue weighted by Gasteiger charge is 2.49. The molecule has 0 radical (unpaired) electrons. The molecule has 2 heterocycles. The van der Waals surface area contributed by atoms with Crippen molar-refractivity contribution in [1.29, 1.82) is 0 Å². The van der Waals surface area contributed by atoms with Gasteiger partial charge in [0.25, 0.3) is 11.8 Å². The Balaban J connectivity index is 1.51. The third-order valence-electron chi connectivity index (χ3n) is 6.49. The van der Waals surface area contributed by atoms with Crippen LogP contribution in [0.3, 0.4) is 0 Å². The molecule has 3 aromatic rings. The number of likely N-dealkylation sites (tertiary alicyclic amines) is 1. The predicted octanol–water partition coefficient (Wildman–Crippen LogP) is 4.65. The van der Waals surface area contributed by atoms with Crippen LogP contribution in [-0.2, 0) is 4.79 Å². The molecule has 0 aliphatic carbocycles. The second-order valence-electron chi connectivity index (χ2n) is 9.51. The van der Waals surface area contributed by atoms with Crippen LogP contribution in [0.1, 0.15) is 54.3 Å². The van der Waals surface area contributed by atoms with Crippen LogP contribution < -0.4 is 15.6 Å². The zero-order valence-electron chi connectivity index (χ0n) is 21.3. The average molecular weight is 547 g/mol. The van der Waals surface area contributed by atoms with Crippen LogP contribution in [-0.4, -0.2) is 44.9 Å². The summed E-state index contributed by atoms with van der Waals surface area (Å²) in [5.74, 6) is -6.89. The van der Waals surface area contributed by atoms with Gasteiger partial charge in [0, 0.05) is 18.6 Å². The fraction of sp³-hybridized carbons (Fsp3) is 0.333. The van der Waals surface area contributed by atoms with Gasteiger partial charge in [0.2, 0.25) is 5.91 Å². The lowest BCUT2D eigenvalue weighted by molar-refractivity contribution is -0.144. The summed E-state index contributed by atoms with van der Waals surface area (Å²) in [6, 6.07) is 6.42. The minimum Gasteiger partial charge on any atom is -0.448 e. The highest BCUT2D eigenvalue weighted by molar-refractivity contribution is 5.97. The van der Waals surface area contributed by atoms with Gasteiger partial charge in [0.05, 0.1) is 17.8 Å². The lowest BCUT2D eigenvalue weighted by Crippen LogP contribution is -2.53. The van der Waals surface area contributed by atoms with Crippen LogP contribution in [0.5, 0.6) is 11.5 Å². The number of alkyl halides is 2. The number of carbonyl (C=O) groups is 2. The highest BCUT2D eigenvalue weighted by Crippen LogP contribution is 2.42. The average Bonchev–Trinajstić information content (AvgIpc) is 3.33. The molecule has 1 saturated heterocycles. The van der Waals surface area contributed by atoms with E-state index in [1.807, 2.05) is 0 Å². The normalized spacial score (nSPS) is 18.1. The van der Waals surface area contributed by atoms with E-state index in [4.69, 9.17) is 4.74 Å². The summed E-state index contributed by atoms with van der Waals surface area (Å²) < 4.78 is 62.7. The maximum Gasteiger partial charge on any atom is 0.307 e. The molecule has 2 N–H and O–H groups in total. The van der Waals surface area contributed by atoms with Gasteiger partial charge < -0.3 is 15.0 Å². The van der Waals surface area contributed by atoms with Crippen molar-refractivity contribution >= 4 is 11.8 Å². The van der Waals surface area contributed by atoms with Crippen LogP contribution in [0.4, 0.5) is 17.6 Å². The molecule has 4 rings (SSSR count). The van der Waals surface area contributed by atoms with E-state index in [0.717, 1.165) is 17.0 Å². The second-order valence-corrected chi connectivity index (χ2v) is 9.51. The molecular formula is C27H26F4N4O4. The van der Waals surface area contributed by atoms with Crippen molar-refractivity contribution in [2.75, 3.05) is 0 Å². The molecule has 8 nitrogen and oxygen atoms in total. The highest BCUT2D eigenvalue weighted by atomic mass is 19.3. The second kappa shape index (κ2) is 10.9. The van der Waals surface area contributed by atoms with Crippen LogP contribution in [0.2, 0.25) is 0 Å². The number of H-pyrrole nitrogens is 1. The first-order valence-electron chi connectivity index (χ1n) is 12.1. The molecule has 2 aromatic carbocycles. The van der Waals surface area contributed by atoms with Gasteiger partial charge >= 0.3 is 5.56 Å². The first-order chi connectivity index (χ1) is 18.3. The lowest BCUT2D eigenvalue weighted by atomic mass is 10.0. The van der Waals surface area contributed by atoms with Crippen molar-refractivity contribution < 1.29 is 31.9 Å². The monoisotopic (exact) mass is 546 g/mol. The molecule has 1 aliphatic heterocycles. The third-order valence-corrected chi connectivity index (χ3v) is 6.49. The standard InChI is InChI=1S/C27H26F4N4O4/c1-14-11-22(25(37)34-33-14)39-21-9-7-17(13-19(21)29)24(36)32-15(2)26(38)35-20(8-10-23(35)27(3,30)31)16-5-4-6-18(28)12-16/h4-7,9,11-13,15,20,23H,8,10H2,1-3H3,(H,32,36)(H,34,37)/t15-,20+,23?/m1/s1.